The van der Waals surface area contributed by atoms with E-state index in [4.69, 9.17) is 21.0 Å². The van der Waals surface area contributed by atoms with E-state index in [9.17, 15) is 0 Å². The summed E-state index contributed by atoms with van der Waals surface area (Å²) in [6.45, 7) is 1.82. The van der Waals surface area contributed by atoms with E-state index >= 15 is 0 Å². The molecule has 0 aliphatic rings. The van der Waals surface area contributed by atoms with E-state index in [1.54, 1.807) is 24.3 Å². The van der Waals surface area contributed by atoms with Crippen LogP contribution in [0.15, 0.2) is 24.3 Å². The van der Waals surface area contributed by atoms with E-state index in [0.29, 0.717) is 24.0 Å². The molecule has 1 aromatic rings. The quantitative estimate of drug-likeness (QED) is 0.788. The highest BCUT2D eigenvalue weighted by Gasteiger charge is 1.95. The molecule has 88 valence electrons. The molecule has 4 heteroatoms. The Bertz CT molecular complexity index is 484. The summed E-state index contributed by atoms with van der Waals surface area (Å²) in [5.41, 5.74) is 1.16. The van der Waals surface area contributed by atoms with Crippen LogP contribution in [0.2, 0.25) is 0 Å². The van der Waals surface area contributed by atoms with Gasteiger partial charge in [-0.2, -0.15) is 21.0 Å². The largest absolute Gasteiger partial charge is 0.198 e. The summed E-state index contributed by atoms with van der Waals surface area (Å²) in [6, 6.07) is 14.5. The zero-order valence-corrected chi connectivity index (χ0v) is 10.1. The predicted octanol–water partition coefficient (Wildman–Crippen LogP) is 2.88. The molecule has 0 fully saturated rings. The van der Waals surface area contributed by atoms with Crippen molar-refractivity contribution in [1.29, 1.82) is 21.0 Å². The Morgan fingerprint density at radius 3 is 1.67 bits per heavy atom. The predicted molar refractivity (Wildman–Crippen MR) is 65.5 cm³/mol. The van der Waals surface area contributed by atoms with E-state index in [0.717, 1.165) is 0 Å². The number of hydrogen-bond acceptors (Lipinski definition) is 4. The van der Waals surface area contributed by atoms with Gasteiger partial charge in [-0.3, -0.25) is 0 Å². The number of hydrogen-bond donors (Lipinski definition) is 0. The van der Waals surface area contributed by atoms with Gasteiger partial charge in [0.1, 0.15) is 0 Å². The van der Waals surface area contributed by atoms with Crippen LogP contribution in [0.4, 0.5) is 0 Å². The summed E-state index contributed by atoms with van der Waals surface area (Å²) in [4.78, 5) is 0. The van der Waals surface area contributed by atoms with Gasteiger partial charge in [-0.1, -0.05) is 0 Å². The van der Waals surface area contributed by atoms with Gasteiger partial charge < -0.3 is 0 Å². The van der Waals surface area contributed by atoms with Crippen LogP contribution < -0.4 is 0 Å². The van der Waals surface area contributed by atoms with Crippen LogP contribution in [0.3, 0.4) is 0 Å². The number of nitriles is 4. The fraction of sp³-hybridized carbons (Fsp3) is 0.286. The molecule has 0 aliphatic carbocycles. The third-order valence-electron chi connectivity index (χ3n) is 2.05. The minimum Gasteiger partial charge on any atom is -0.198 e. The van der Waals surface area contributed by atoms with Crippen molar-refractivity contribution in [1.82, 2.24) is 0 Å². The van der Waals surface area contributed by atoms with Crippen molar-refractivity contribution in [3.8, 4) is 24.3 Å². The van der Waals surface area contributed by atoms with Gasteiger partial charge in [0.15, 0.2) is 0 Å². The second kappa shape index (κ2) is 9.41. The van der Waals surface area contributed by atoms with Gasteiger partial charge in [0.05, 0.1) is 35.4 Å². The van der Waals surface area contributed by atoms with Gasteiger partial charge >= 0.3 is 0 Å². The number of nitrogens with zero attached hydrogens (tertiary/aromatic N) is 4. The minimum atomic E-state index is 0.0367. The monoisotopic (exact) mass is 236 g/mol. The van der Waals surface area contributed by atoms with Gasteiger partial charge in [0.25, 0.3) is 0 Å². The number of rotatable bonds is 2. The Morgan fingerprint density at radius 2 is 1.39 bits per heavy atom. The van der Waals surface area contributed by atoms with Gasteiger partial charge in [-0.05, 0) is 37.6 Å². The second-order valence-electron chi connectivity index (χ2n) is 3.53. The molecule has 0 saturated heterocycles. The SMILES string of the molecule is CC(C#N)CCC#N.N#Cc1ccc(C#N)cc1. The molecule has 0 saturated carbocycles. The van der Waals surface area contributed by atoms with Crippen molar-refractivity contribution in [2.24, 2.45) is 5.92 Å². The van der Waals surface area contributed by atoms with Crippen molar-refractivity contribution in [2.45, 2.75) is 19.8 Å². The van der Waals surface area contributed by atoms with Crippen molar-refractivity contribution in [2.75, 3.05) is 0 Å². The lowest BCUT2D eigenvalue weighted by Crippen LogP contribution is -1.86. The maximum atomic E-state index is 8.37. The lowest BCUT2D eigenvalue weighted by molar-refractivity contribution is 0.675. The first-order valence-corrected chi connectivity index (χ1v) is 5.34. The van der Waals surface area contributed by atoms with Gasteiger partial charge in [-0.15, -0.1) is 0 Å². The fourth-order valence-corrected chi connectivity index (χ4v) is 0.965. The molecule has 1 aromatic carbocycles. The molecule has 0 radical (unpaired) electrons. The van der Waals surface area contributed by atoms with Crippen LogP contribution in [-0.4, -0.2) is 0 Å². The van der Waals surface area contributed by atoms with Crippen molar-refractivity contribution >= 4 is 0 Å². The Hall–Kier alpha value is -2.82. The molecule has 4 nitrogen and oxygen atoms in total. The Kier molecular flexibility index (Phi) is 7.94. The highest BCUT2D eigenvalue weighted by atomic mass is 14.3. The molecule has 0 heterocycles. The summed E-state index contributed by atoms with van der Waals surface area (Å²) in [6.07, 6.45) is 1.20. The third-order valence-corrected chi connectivity index (χ3v) is 2.05. The molecule has 0 aromatic heterocycles. The second-order valence-corrected chi connectivity index (χ2v) is 3.53. The smallest absolute Gasteiger partial charge is 0.0991 e. The minimum absolute atomic E-state index is 0.0367. The topological polar surface area (TPSA) is 95.2 Å². The molecule has 0 N–H and O–H groups in total. The van der Waals surface area contributed by atoms with Crippen molar-refractivity contribution in [3.05, 3.63) is 35.4 Å². The Balaban J connectivity index is 0.000000331. The van der Waals surface area contributed by atoms with E-state index < -0.39 is 0 Å². The molecular formula is C14H12N4. The average molecular weight is 236 g/mol. The van der Waals surface area contributed by atoms with E-state index in [1.165, 1.54) is 0 Å². The summed E-state index contributed by atoms with van der Waals surface area (Å²) in [5.74, 6) is 0.0367. The normalized spacial score (nSPS) is 9.39. The average Bonchev–Trinajstić information content (AvgIpc) is 2.45. The molecule has 0 amide bonds. The molecule has 1 unspecified atom stereocenters. The molecular weight excluding hydrogens is 224 g/mol. The molecule has 0 bridgehead atoms. The lowest BCUT2D eigenvalue weighted by atomic mass is 10.1. The van der Waals surface area contributed by atoms with Crippen LogP contribution in [0.25, 0.3) is 0 Å². The summed E-state index contributed by atoms with van der Waals surface area (Å²) >= 11 is 0. The van der Waals surface area contributed by atoms with E-state index in [2.05, 4.69) is 0 Å². The van der Waals surface area contributed by atoms with Crippen molar-refractivity contribution in [3.63, 3.8) is 0 Å². The fourth-order valence-electron chi connectivity index (χ4n) is 0.965. The Morgan fingerprint density at radius 1 is 0.944 bits per heavy atom. The first-order chi connectivity index (χ1) is 8.67. The molecule has 0 spiro atoms. The van der Waals surface area contributed by atoms with Crippen LogP contribution in [0, 0.1) is 51.2 Å². The van der Waals surface area contributed by atoms with Gasteiger partial charge in [-0.25, -0.2) is 0 Å². The molecule has 0 aliphatic heterocycles. The Labute approximate surface area is 107 Å². The van der Waals surface area contributed by atoms with Crippen LogP contribution in [-0.2, 0) is 0 Å². The number of benzene rings is 1. The zero-order valence-electron chi connectivity index (χ0n) is 10.1. The molecule has 1 rings (SSSR count). The summed E-state index contributed by atoms with van der Waals surface area (Å²) in [7, 11) is 0. The van der Waals surface area contributed by atoms with Gasteiger partial charge in [0.2, 0.25) is 0 Å². The third kappa shape index (κ3) is 6.62. The first-order valence-electron chi connectivity index (χ1n) is 5.34. The highest BCUT2D eigenvalue weighted by molar-refractivity contribution is 5.36. The summed E-state index contributed by atoms with van der Waals surface area (Å²) in [5, 5.41) is 33.0. The maximum Gasteiger partial charge on any atom is 0.0991 e. The van der Waals surface area contributed by atoms with Crippen LogP contribution in [0.5, 0.6) is 0 Å². The molecule has 1 atom stereocenters. The first kappa shape index (κ1) is 15.2. The highest BCUT2D eigenvalue weighted by Crippen LogP contribution is 2.01. The van der Waals surface area contributed by atoms with E-state index in [-0.39, 0.29) is 5.92 Å². The maximum absolute atomic E-state index is 8.37. The van der Waals surface area contributed by atoms with Crippen molar-refractivity contribution < 1.29 is 0 Å². The van der Waals surface area contributed by atoms with Gasteiger partial charge in [0, 0.05) is 12.3 Å². The standard InChI is InChI=1S/C8H4N2.C6H8N2/c9-5-7-1-2-8(6-10)4-3-7;1-6(5-8)3-2-4-7/h1-4H;6H,2-3H2,1H3. The summed E-state index contributed by atoms with van der Waals surface area (Å²) < 4.78 is 0. The van der Waals surface area contributed by atoms with Crippen LogP contribution >= 0.6 is 0 Å². The lowest BCUT2D eigenvalue weighted by Gasteiger charge is -1.91. The van der Waals surface area contributed by atoms with Crippen LogP contribution in [0.1, 0.15) is 30.9 Å². The zero-order chi connectivity index (χ0) is 13.8. The van der Waals surface area contributed by atoms with E-state index in [1.807, 2.05) is 31.2 Å². The molecule has 18 heavy (non-hydrogen) atoms.